The van der Waals surface area contributed by atoms with Crippen molar-refractivity contribution in [2.45, 2.75) is 39.8 Å². The molecule has 2 aromatic rings. The van der Waals surface area contributed by atoms with Gasteiger partial charge in [-0.15, -0.1) is 0 Å². The summed E-state index contributed by atoms with van der Waals surface area (Å²) in [5, 5.41) is 6.83. The molecule has 1 aliphatic rings. The second-order valence-corrected chi connectivity index (χ2v) is 7.63. The molecule has 1 aliphatic heterocycles. The zero-order chi connectivity index (χ0) is 19.4. The first-order valence-corrected chi connectivity index (χ1v) is 9.86. The van der Waals surface area contributed by atoms with Crippen LogP contribution in [0.5, 0.6) is 0 Å². The zero-order valence-corrected chi connectivity index (χ0v) is 16.4. The molecule has 0 aromatic heterocycles. The lowest BCUT2D eigenvalue weighted by Gasteiger charge is -2.26. The summed E-state index contributed by atoms with van der Waals surface area (Å²) in [6, 6.07) is 13.0. The predicted octanol–water partition coefficient (Wildman–Crippen LogP) is 5.56. The summed E-state index contributed by atoms with van der Waals surface area (Å²) in [7, 11) is 0. The van der Waals surface area contributed by atoms with Gasteiger partial charge >= 0.3 is 0 Å². The average Bonchev–Trinajstić information content (AvgIpc) is 2.65. The Morgan fingerprint density at radius 3 is 2.67 bits per heavy atom. The highest BCUT2D eigenvalue weighted by Crippen LogP contribution is 2.33. The molecule has 0 spiro atoms. The fourth-order valence-corrected chi connectivity index (χ4v) is 3.77. The number of fused-ring (bicyclic) bond motifs is 1. The van der Waals surface area contributed by atoms with Crippen LogP contribution in [0.2, 0.25) is 0 Å². The number of anilines is 2. The zero-order valence-electron chi connectivity index (χ0n) is 16.4. The summed E-state index contributed by atoms with van der Waals surface area (Å²) in [5.74, 6) is 1.20. The van der Waals surface area contributed by atoms with Gasteiger partial charge < -0.3 is 16.4 Å². The van der Waals surface area contributed by atoms with Crippen molar-refractivity contribution in [3.8, 4) is 0 Å². The number of hydrogen-bond donors (Lipinski definition) is 3. The number of rotatable bonds is 7. The number of nitrogens with one attached hydrogen (secondary N) is 2. The van der Waals surface area contributed by atoms with Crippen molar-refractivity contribution >= 4 is 23.0 Å². The first-order valence-electron chi connectivity index (χ1n) is 9.86. The van der Waals surface area contributed by atoms with Crippen LogP contribution in [0.4, 0.5) is 15.8 Å². The van der Waals surface area contributed by atoms with Gasteiger partial charge in [-0.25, -0.2) is 4.39 Å². The summed E-state index contributed by atoms with van der Waals surface area (Å²) in [4.78, 5) is 0. The Hall–Kier alpha value is -2.33. The third-order valence-electron chi connectivity index (χ3n) is 5.51. The van der Waals surface area contributed by atoms with Gasteiger partial charge in [-0.2, -0.15) is 0 Å². The molecule has 0 fully saturated rings. The molecule has 0 bridgehead atoms. The van der Waals surface area contributed by atoms with E-state index in [9.17, 15) is 4.39 Å². The molecule has 4 heteroatoms. The van der Waals surface area contributed by atoms with E-state index < -0.39 is 6.17 Å². The molecule has 2 aromatic carbocycles. The number of halogens is 1. The lowest BCUT2D eigenvalue weighted by atomic mass is 9.90. The predicted molar refractivity (Wildman–Crippen MR) is 114 cm³/mol. The summed E-state index contributed by atoms with van der Waals surface area (Å²) < 4.78 is 14.1. The first kappa shape index (κ1) is 19.4. The van der Waals surface area contributed by atoms with Gasteiger partial charge in [0.15, 0.2) is 0 Å². The molecule has 1 heterocycles. The molecule has 4 N–H and O–H groups in total. The van der Waals surface area contributed by atoms with Crippen LogP contribution in [0.3, 0.4) is 0 Å². The van der Waals surface area contributed by atoms with Crippen molar-refractivity contribution in [2.24, 2.45) is 17.6 Å². The minimum Gasteiger partial charge on any atom is -0.385 e. The summed E-state index contributed by atoms with van der Waals surface area (Å²) in [5.41, 5.74) is 10.7. The van der Waals surface area contributed by atoms with E-state index in [1.807, 2.05) is 12.1 Å². The fourth-order valence-electron chi connectivity index (χ4n) is 3.77. The van der Waals surface area contributed by atoms with Crippen molar-refractivity contribution in [3.05, 3.63) is 59.4 Å². The third kappa shape index (κ3) is 4.51. The summed E-state index contributed by atoms with van der Waals surface area (Å²) in [6.07, 6.45) is 3.92. The average molecular weight is 368 g/mol. The van der Waals surface area contributed by atoms with Crippen molar-refractivity contribution in [2.75, 3.05) is 17.2 Å². The maximum Gasteiger partial charge on any atom is 0.130 e. The van der Waals surface area contributed by atoms with E-state index in [2.05, 4.69) is 49.6 Å². The molecule has 0 amide bonds. The van der Waals surface area contributed by atoms with Gasteiger partial charge in [0.1, 0.15) is 12.0 Å². The quantitative estimate of drug-likeness (QED) is 0.600. The van der Waals surface area contributed by atoms with E-state index in [-0.39, 0.29) is 5.82 Å². The Balaban J connectivity index is 1.74. The molecule has 3 nitrogen and oxygen atoms in total. The van der Waals surface area contributed by atoms with Gasteiger partial charge in [-0.3, -0.25) is 0 Å². The molecule has 2 unspecified atom stereocenters. The van der Waals surface area contributed by atoms with Crippen molar-refractivity contribution in [1.29, 1.82) is 0 Å². The first-order chi connectivity index (χ1) is 13.0. The maximum atomic E-state index is 14.1. The Kier molecular flexibility index (Phi) is 6.17. The van der Waals surface area contributed by atoms with Gasteiger partial charge in [0, 0.05) is 23.5 Å². The van der Waals surface area contributed by atoms with Crippen LogP contribution in [-0.4, -0.2) is 12.7 Å². The molecule has 0 aliphatic carbocycles. The SMILES string of the molecule is CCC(CCNc1ccc2c(c1)NC(N)C(c1ccccc1F)=C2)C(C)C. The number of benzene rings is 2. The van der Waals surface area contributed by atoms with E-state index >= 15 is 0 Å². The van der Waals surface area contributed by atoms with Gasteiger partial charge in [-0.05, 0) is 53.7 Å². The molecule has 27 heavy (non-hydrogen) atoms. The highest BCUT2D eigenvalue weighted by atomic mass is 19.1. The van der Waals surface area contributed by atoms with Crippen molar-refractivity contribution in [3.63, 3.8) is 0 Å². The van der Waals surface area contributed by atoms with Crippen LogP contribution in [0.25, 0.3) is 11.6 Å². The highest BCUT2D eigenvalue weighted by molar-refractivity contribution is 5.92. The normalized spacial score (nSPS) is 17.1. The molecule has 2 atom stereocenters. The smallest absolute Gasteiger partial charge is 0.130 e. The van der Waals surface area contributed by atoms with Crippen LogP contribution >= 0.6 is 0 Å². The minimum atomic E-state index is -0.435. The molecular weight excluding hydrogens is 337 g/mol. The largest absolute Gasteiger partial charge is 0.385 e. The van der Waals surface area contributed by atoms with E-state index in [1.54, 1.807) is 12.1 Å². The number of hydrogen-bond acceptors (Lipinski definition) is 3. The van der Waals surface area contributed by atoms with Crippen molar-refractivity contribution in [1.82, 2.24) is 0 Å². The Bertz CT molecular complexity index is 813. The Morgan fingerprint density at radius 1 is 1.19 bits per heavy atom. The third-order valence-corrected chi connectivity index (χ3v) is 5.51. The molecule has 144 valence electrons. The molecule has 3 rings (SSSR count). The van der Waals surface area contributed by atoms with E-state index in [1.165, 1.54) is 12.5 Å². The van der Waals surface area contributed by atoms with E-state index in [0.717, 1.165) is 41.4 Å². The van der Waals surface area contributed by atoms with Crippen LogP contribution in [0, 0.1) is 17.7 Å². The second kappa shape index (κ2) is 8.57. The van der Waals surface area contributed by atoms with Gasteiger partial charge in [0.2, 0.25) is 0 Å². The Morgan fingerprint density at radius 2 is 1.96 bits per heavy atom. The lowest BCUT2D eigenvalue weighted by Crippen LogP contribution is -2.33. The second-order valence-electron chi connectivity index (χ2n) is 7.63. The van der Waals surface area contributed by atoms with Crippen LogP contribution in [-0.2, 0) is 0 Å². The van der Waals surface area contributed by atoms with Crippen LogP contribution in [0.1, 0.15) is 44.7 Å². The van der Waals surface area contributed by atoms with Gasteiger partial charge in [-0.1, -0.05) is 51.5 Å². The highest BCUT2D eigenvalue weighted by Gasteiger charge is 2.21. The van der Waals surface area contributed by atoms with E-state index in [4.69, 9.17) is 5.73 Å². The van der Waals surface area contributed by atoms with Gasteiger partial charge in [0.25, 0.3) is 0 Å². The summed E-state index contributed by atoms with van der Waals surface area (Å²) in [6.45, 7) is 7.79. The monoisotopic (exact) mass is 367 g/mol. The summed E-state index contributed by atoms with van der Waals surface area (Å²) >= 11 is 0. The number of nitrogens with two attached hydrogens (primary N) is 1. The van der Waals surface area contributed by atoms with Crippen molar-refractivity contribution < 1.29 is 4.39 Å². The van der Waals surface area contributed by atoms with Gasteiger partial charge in [0.05, 0.1) is 0 Å². The molecule has 0 saturated carbocycles. The fraction of sp³-hybridized carbons (Fsp3) is 0.391. The van der Waals surface area contributed by atoms with Crippen LogP contribution in [0.15, 0.2) is 42.5 Å². The standard InChI is InChI=1S/C23H30FN3/c1-4-16(15(2)3)11-12-26-18-10-9-17-13-20(23(25)27-22(17)14-18)19-7-5-6-8-21(19)24/h5-10,13-16,23,26-27H,4,11-12,25H2,1-3H3. The maximum absolute atomic E-state index is 14.1. The van der Waals surface area contributed by atoms with E-state index in [0.29, 0.717) is 11.5 Å². The molecular formula is C23H30FN3. The topological polar surface area (TPSA) is 50.1 Å². The minimum absolute atomic E-state index is 0.252. The molecule has 0 saturated heterocycles. The van der Waals surface area contributed by atoms with Crippen LogP contribution < -0.4 is 16.4 Å². The molecule has 0 radical (unpaired) electrons. The lowest BCUT2D eigenvalue weighted by molar-refractivity contribution is 0.357. The Labute approximate surface area is 161 Å².